The molecule has 1 heterocycles. The van der Waals surface area contributed by atoms with E-state index in [1.165, 1.54) is 4.31 Å². The van der Waals surface area contributed by atoms with Crippen molar-refractivity contribution in [3.63, 3.8) is 0 Å². The Balaban J connectivity index is 2.11. The SMILES string of the molecule is Cc1ccc(S(=O)(=O)N2CCOc3ccc(Cl)cc32)cc1C. The number of benzene rings is 2. The summed E-state index contributed by atoms with van der Waals surface area (Å²) in [4.78, 5) is 0.281. The Morgan fingerprint density at radius 1 is 1.09 bits per heavy atom. The molecule has 3 rings (SSSR count). The molecule has 0 unspecified atom stereocenters. The van der Waals surface area contributed by atoms with Crippen LogP contribution in [0.3, 0.4) is 0 Å². The van der Waals surface area contributed by atoms with Gasteiger partial charge in [0.25, 0.3) is 10.0 Å². The lowest BCUT2D eigenvalue weighted by atomic mass is 10.1. The summed E-state index contributed by atoms with van der Waals surface area (Å²) in [5.41, 5.74) is 2.49. The first-order valence-electron chi connectivity index (χ1n) is 6.92. The van der Waals surface area contributed by atoms with Gasteiger partial charge in [0.15, 0.2) is 0 Å². The molecule has 22 heavy (non-hydrogen) atoms. The lowest BCUT2D eigenvalue weighted by Gasteiger charge is -2.30. The third kappa shape index (κ3) is 2.55. The molecule has 1 aliphatic heterocycles. The zero-order valence-electron chi connectivity index (χ0n) is 12.3. The number of rotatable bonds is 2. The molecule has 6 heteroatoms. The minimum Gasteiger partial charge on any atom is -0.489 e. The summed E-state index contributed by atoms with van der Waals surface area (Å²) in [5, 5.41) is 0.476. The molecule has 0 atom stereocenters. The van der Waals surface area contributed by atoms with Gasteiger partial charge in [0.05, 0.1) is 17.1 Å². The van der Waals surface area contributed by atoms with Crippen molar-refractivity contribution in [3.05, 3.63) is 52.5 Å². The van der Waals surface area contributed by atoms with Crippen molar-refractivity contribution in [2.45, 2.75) is 18.7 Å². The molecule has 0 aliphatic carbocycles. The van der Waals surface area contributed by atoms with Crippen molar-refractivity contribution in [2.75, 3.05) is 17.5 Å². The Kier molecular flexibility index (Phi) is 3.78. The summed E-state index contributed by atoms with van der Waals surface area (Å²) in [6, 6.07) is 10.2. The molecule has 0 radical (unpaired) electrons. The second-order valence-corrected chi connectivity index (χ2v) is 7.58. The van der Waals surface area contributed by atoms with Crippen LogP contribution in [0.4, 0.5) is 5.69 Å². The van der Waals surface area contributed by atoms with Gasteiger partial charge in [-0.15, -0.1) is 0 Å². The molecule has 1 aliphatic rings. The molecular formula is C16H16ClNO3S. The van der Waals surface area contributed by atoms with E-state index in [0.717, 1.165) is 11.1 Å². The highest BCUT2D eigenvalue weighted by Gasteiger charge is 2.30. The maximum absolute atomic E-state index is 13.0. The van der Waals surface area contributed by atoms with Crippen molar-refractivity contribution in [2.24, 2.45) is 0 Å². The predicted octanol–water partition coefficient (Wildman–Crippen LogP) is 3.54. The van der Waals surface area contributed by atoms with E-state index in [1.54, 1.807) is 30.3 Å². The van der Waals surface area contributed by atoms with Crippen LogP contribution in [0, 0.1) is 13.8 Å². The molecular weight excluding hydrogens is 322 g/mol. The van der Waals surface area contributed by atoms with Crippen molar-refractivity contribution >= 4 is 27.3 Å². The van der Waals surface area contributed by atoms with Gasteiger partial charge in [-0.05, 0) is 55.3 Å². The average Bonchev–Trinajstić information content (AvgIpc) is 2.49. The fourth-order valence-corrected chi connectivity index (χ4v) is 4.12. The Hall–Kier alpha value is -1.72. The average molecular weight is 338 g/mol. The van der Waals surface area contributed by atoms with E-state index < -0.39 is 10.0 Å². The number of halogens is 1. The Morgan fingerprint density at radius 3 is 2.59 bits per heavy atom. The van der Waals surface area contributed by atoms with E-state index in [-0.39, 0.29) is 11.4 Å². The van der Waals surface area contributed by atoms with Gasteiger partial charge in [-0.1, -0.05) is 17.7 Å². The summed E-state index contributed by atoms with van der Waals surface area (Å²) < 4.78 is 32.8. The fourth-order valence-electron chi connectivity index (χ4n) is 2.42. The summed E-state index contributed by atoms with van der Waals surface area (Å²) in [7, 11) is -3.64. The van der Waals surface area contributed by atoms with Gasteiger partial charge in [0, 0.05) is 5.02 Å². The maximum atomic E-state index is 13.0. The third-order valence-corrected chi connectivity index (χ3v) is 5.85. The van der Waals surface area contributed by atoms with Crippen LogP contribution in [0.5, 0.6) is 5.75 Å². The lowest BCUT2D eigenvalue weighted by Crippen LogP contribution is -2.37. The van der Waals surface area contributed by atoms with Crippen LogP contribution in [0.2, 0.25) is 5.02 Å². The monoisotopic (exact) mass is 337 g/mol. The summed E-state index contributed by atoms with van der Waals surface area (Å²) in [6.45, 7) is 4.44. The summed E-state index contributed by atoms with van der Waals surface area (Å²) in [5.74, 6) is 0.531. The van der Waals surface area contributed by atoms with E-state index >= 15 is 0 Å². The molecule has 0 saturated carbocycles. The quantitative estimate of drug-likeness (QED) is 0.842. The number of hydrogen-bond donors (Lipinski definition) is 0. The van der Waals surface area contributed by atoms with E-state index in [4.69, 9.17) is 16.3 Å². The van der Waals surface area contributed by atoms with Crippen molar-refractivity contribution in [3.8, 4) is 5.75 Å². The van der Waals surface area contributed by atoms with Crippen LogP contribution in [0.1, 0.15) is 11.1 Å². The molecule has 0 amide bonds. The van der Waals surface area contributed by atoms with Crippen molar-refractivity contribution < 1.29 is 13.2 Å². The number of aryl methyl sites for hydroxylation is 2. The van der Waals surface area contributed by atoms with Gasteiger partial charge in [0.2, 0.25) is 0 Å². The second kappa shape index (κ2) is 5.48. The van der Waals surface area contributed by atoms with Crippen molar-refractivity contribution in [1.82, 2.24) is 0 Å². The highest BCUT2D eigenvalue weighted by atomic mass is 35.5. The van der Waals surface area contributed by atoms with Crippen LogP contribution in [0.25, 0.3) is 0 Å². The Morgan fingerprint density at radius 2 is 1.86 bits per heavy atom. The highest BCUT2D eigenvalue weighted by Crippen LogP contribution is 2.37. The van der Waals surface area contributed by atoms with E-state index in [0.29, 0.717) is 23.1 Å². The lowest BCUT2D eigenvalue weighted by molar-refractivity contribution is 0.316. The molecule has 0 bridgehead atoms. The van der Waals surface area contributed by atoms with E-state index in [9.17, 15) is 8.42 Å². The molecule has 0 fully saturated rings. The van der Waals surface area contributed by atoms with Gasteiger partial charge >= 0.3 is 0 Å². The maximum Gasteiger partial charge on any atom is 0.264 e. The number of hydrogen-bond acceptors (Lipinski definition) is 3. The Labute approximate surface area is 135 Å². The second-order valence-electron chi connectivity index (χ2n) is 5.28. The van der Waals surface area contributed by atoms with Crippen LogP contribution in [-0.2, 0) is 10.0 Å². The minimum absolute atomic E-state index is 0.266. The van der Waals surface area contributed by atoms with Crippen LogP contribution < -0.4 is 9.04 Å². The highest BCUT2D eigenvalue weighted by molar-refractivity contribution is 7.92. The third-order valence-electron chi connectivity index (χ3n) is 3.81. The minimum atomic E-state index is -3.64. The zero-order valence-corrected chi connectivity index (χ0v) is 13.9. The molecule has 0 aromatic heterocycles. The molecule has 0 N–H and O–H groups in total. The normalized spacial score (nSPS) is 14.4. The van der Waals surface area contributed by atoms with Crippen LogP contribution in [0.15, 0.2) is 41.3 Å². The number of nitrogens with zero attached hydrogens (tertiary/aromatic N) is 1. The van der Waals surface area contributed by atoms with Crippen LogP contribution >= 0.6 is 11.6 Å². The molecule has 0 saturated heterocycles. The number of anilines is 1. The number of sulfonamides is 1. The Bertz CT molecular complexity index is 833. The van der Waals surface area contributed by atoms with E-state index in [1.807, 2.05) is 19.9 Å². The summed E-state index contributed by atoms with van der Waals surface area (Å²) >= 11 is 6.01. The van der Waals surface area contributed by atoms with Gasteiger partial charge < -0.3 is 4.74 Å². The summed E-state index contributed by atoms with van der Waals surface area (Å²) in [6.07, 6.45) is 0. The first-order valence-corrected chi connectivity index (χ1v) is 8.74. The molecule has 2 aromatic rings. The molecule has 0 spiro atoms. The molecule has 116 valence electrons. The first kappa shape index (κ1) is 15.2. The van der Waals surface area contributed by atoms with Gasteiger partial charge in [-0.25, -0.2) is 8.42 Å². The number of ether oxygens (including phenoxy) is 1. The van der Waals surface area contributed by atoms with Gasteiger partial charge in [-0.2, -0.15) is 0 Å². The first-order chi connectivity index (χ1) is 10.4. The smallest absolute Gasteiger partial charge is 0.264 e. The standard InChI is InChI=1S/C16H16ClNO3S/c1-11-3-5-14(9-12(11)2)22(19,20)18-7-8-21-16-6-4-13(17)10-15(16)18/h3-6,9-10H,7-8H2,1-2H3. The largest absolute Gasteiger partial charge is 0.489 e. The fraction of sp³-hybridized carbons (Fsp3) is 0.250. The van der Waals surface area contributed by atoms with Crippen LogP contribution in [-0.4, -0.2) is 21.6 Å². The number of fused-ring (bicyclic) bond motifs is 1. The van der Waals surface area contributed by atoms with Crippen molar-refractivity contribution in [1.29, 1.82) is 0 Å². The van der Waals surface area contributed by atoms with Gasteiger partial charge in [-0.3, -0.25) is 4.31 Å². The van der Waals surface area contributed by atoms with E-state index in [2.05, 4.69) is 0 Å². The predicted molar refractivity (Wildman–Crippen MR) is 87.4 cm³/mol. The molecule has 4 nitrogen and oxygen atoms in total. The topological polar surface area (TPSA) is 46.6 Å². The van der Waals surface area contributed by atoms with Gasteiger partial charge in [0.1, 0.15) is 12.4 Å². The zero-order chi connectivity index (χ0) is 15.9. The molecule has 2 aromatic carbocycles.